The Morgan fingerprint density at radius 2 is 1.26 bits per heavy atom. The summed E-state index contributed by atoms with van der Waals surface area (Å²) < 4.78 is 59.2. The number of aromatic nitrogens is 2. The average molecular weight is 402 g/mol. The maximum Gasteiger partial charge on any atom is 0.237 e. The Kier molecular flexibility index (Phi) is 4.15. The molecule has 2 aromatic carbocycles. The first-order valence-corrected chi connectivity index (χ1v) is 9.72. The van der Waals surface area contributed by atoms with E-state index in [2.05, 4.69) is 47.4 Å². The minimum Gasteiger partial charge on any atom is -0.241 e. The van der Waals surface area contributed by atoms with E-state index in [4.69, 9.17) is 4.98 Å². The van der Waals surface area contributed by atoms with Crippen LogP contribution in [0.25, 0.3) is 33.1 Å². The number of rotatable bonds is 1. The van der Waals surface area contributed by atoms with Gasteiger partial charge in [0.25, 0.3) is 0 Å². The molecule has 0 atom stereocenters. The fourth-order valence-corrected chi connectivity index (χ4v) is 2.55. The zero-order valence-electron chi connectivity index (χ0n) is 13.6. The number of nitrogens with one attached hydrogen (secondary N) is 1. The Bertz CT molecular complexity index is 1100. The van der Waals surface area contributed by atoms with Gasteiger partial charge < -0.3 is 0 Å². The van der Waals surface area contributed by atoms with E-state index in [-0.39, 0.29) is 0 Å². The number of nitrogens with zero attached hydrogens (tertiary/aromatic N) is 1. The molecule has 9 heteroatoms. The van der Waals surface area contributed by atoms with E-state index in [1.54, 1.807) is 0 Å². The second-order valence-corrected chi connectivity index (χ2v) is 7.71. The molecule has 2 heterocycles. The molecule has 0 fully saturated rings. The second-order valence-electron chi connectivity index (χ2n) is 5.79. The minimum absolute atomic E-state index is 1.00. The maximum atomic E-state index is 9.87. The van der Waals surface area contributed by atoms with Gasteiger partial charge in [0.15, 0.2) is 6.20 Å². The van der Waals surface area contributed by atoms with Crippen molar-refractivity contribution in [1.29, 1.82) is 0 Å². The van der Waals surface area contributed by atoms with Crippen molar-refractivity contribution in [3.63, 3.8) is 0 Å². The van der Waals surface area contributed by atoms with Crippen molar-refractivity contribution in [2.45, 2.75) is 0 Å². The van der Waals surface area contributed by atoms with Gasteiger partial charge in [-0.15, -0.1) is 0 Å². The summed E-state index contributed by atoms with van der Waals surface area (Å²) in [7, 11) is -10.7. The molecule has 0 saturated heterocycles. The van der Waals surface area contributed by atoms with Crippen LogP contribution in [0.15, 0.2) is 72.9 Å². The summed E-state index contributed by atoms with van der Waals surface area (Å²) in [4.78, 5) is 8.15. The van der Waals surface area contributed by atoms with Gasteiger partial charge in [-0.1, -0.05) is 42.5 Å². The van der Waals surface area contributed by atoms with Crippen molar-refractivity contribution < 1.29 is 30.2 Å². The standard InChI is InChI=1S/C18H12N2.F6P/c1-2-5-13(6-3-1)16-11-10-15-9-8-14-7-4-12-19-17(14)18(15)20-16;1-7(2,3,4,5)6/h1-12H;/q;-1/p+1. The van der Waals surface area contributed by atoms with Gasteiger partial charge in [-0.25, -0.2) is 9.97 Å². The summed E-state index contributed by atoms with van der Waals surface area (Å²) in [5.41, 5.74) is 4.25. The van der Waals surface area contributed by atoms with E-state index >= 15 is 0 Å². The number of pyridine rings is 2. The number of fused-ring (bicyclic) bond motifs is 3. The first kappa shape index (κ1) is 19.0. The first-order valence-electron chi connectivity index (χ1n) is 7.69. The smallest absolute Gasteiger partial charge is 0.237 e. The molecule has 0 spiro atoms. The Hall–Kier alpha value is -2.73. The van der Waals surface area contributed by atoms with Crippen LogP contribution in [0, 0.1) is 0 Å². The molecule has 4 rings (SSSR count). The van der Waals surface area contributed by atoms with Gasteiger partial charge in [-0.05, 0) is 18.2 Å². The van der Waals surface area contributed by atoms with Crippen LogP contribution in [0.5, 0.6) is 0 Å². The molecule has 0 aliphatic carbocycles. The summed E-state index contributed by atoms with van der Waals surface area (Å²) in [5, 5.41) is 2.33. The van der Waals surface area contributed by atoms with Crippen LogP contribution in [0.2, 0.25) is 0 Å². The maximum absolute atomic E-state index is 10.7. The molecule has 0 aliphatic rings. The number of hydrogen-bond donors (Lipinski definition) is 0. The van der Waals surface area contributed by atoms with Gasteiger partial charge in [0.1, 0.15) is 5.52 Å². The topological polar surface area (TPSA) is 27.0 Å². The quantitative estimate of drug-likeness (QED) is 0.187. The van der Waals surface area contributed by atoms with Crippen molar-refractivity contribution in [3.05, 3.63) is 72.9 Å². The Labute approximate surface area is 149 Å². The average Bonchev–Trinajstić information content (AvgIpc) is 2.59. The van der Waals surface area contributed by atoms with Gasteiger partial charge in [0, 0.05) is 22.4 Å². The molecular weight excluding hydrogens is 389 g/mol. The number of halogens is 6. The van der Waals surface area contributed by atoms with Crippen LogP contribution < -0.4 is 4.98 Å². The van der Waals surface area contributed by atoms with Crippen molar-refractivity contribution in [3.8, 4) is 11.3 Å². The van der Waals surface area contributed by atoms with Gasteiger partial charge >= 0.3 is 33.0 Å². The van der Waals surface area contributed by atoms with Crippen LogP contribution in [0.4, 0.5) is 25.2 Å². The van der Waals surface area contributed by atoms with Crippen molar-refractivity contribution in [2.24, 2.45) is 0 Å². The van der Waals surface area contributed by atoms with Crippen molar-refractivity contribution >= 4 is 29.6 Å². The van der Waals surface area contributed by atoms with Crippen LogP contribution >= 0.6 is 7.81 Å². The van der Waals surface area contributed by atoms with Gasteiger partial charge in [-0.3, -0.25) is 0 Å². The minimum atomic E-state index is -10.7. The van der Waals surface area contributed by atoms with Crippen LogP contribution in [0.1, 0.15) is 0 Å². The molecule has 4 aromatic rings. The fraction of sp³-hybridized carbons (Fsp3) is 0. The molecule has 0 radical (unpaired) electrons. The van der Waals surface area contributed by atoms with E-state index in [0.717, 1.165) is 27.7 Å². The third kappa shape index (κ3) is 5.89. The predicted molar refractivity (Wildman–Crippen MR) is 94.8 cm³/mol. The predicted octanol–water partition coefficient (Wildman–Crippen LogP) is 7.25. The molecule has 2 aromatic heterocycles. The van der Waals surface area contributed by atoms with E-state index < -0.39 is 7.81 Å². The van der Waals surface area contributed by atoms with Crippen LogP contribution in [-0.4, -0.2) is 4.98 Å². The molecule has 2 nitrogen and oxygen atoms in total. The SMILES string of the molecule is F[P-](F)(F)(F)(F)F.c1ccc(-c2ccc3ccc4ccc[nH+]c4c3n2)cc1. The van der Waals surface area contributed by atoms with Crippen LogP contribution in [0.3, 0.4) is 0 Å². The summed E-state index contributed by atoms with van der Waals surface area (Å²) in [6, 6.07) is 22.8. The van der Waals surface area contributed by atoms with Crippen molar-refractivity contribution in [2.75, 3.05) is 0 Å². The molecule has 0 saturated carbocycles. The van der Waals surface area contributed by atoms with E-state index in [1.165, 1.54) is 5.39 Å². The number of hydrogen-bond acceptors (Lipinski definition) is 1. The van der Waals surface area contributed by atoms with E-state index in [1.807, 2.05) is 30.5 Å². The summed E-state index contributed by atoms with van der Waals surface area (Å²) in [5.74, 6) is 0. The Morgan fingerprint density at radius 3 is 1.93 bits per heavy atom. The van der Waals surface area contributed by atoms with E-state index in [9.17, 15) is 25.2 Å². The zero-order chi connectivity index (χ0) is 19.8. The fourth-order valence-electron chi connectivity index (χ4n) is 2.55. The third-order valence-corrected chi connectivity index (χ3v) is 3.56. The molecule has 27 heavy (non-hydrogen) atoms. The molecular formula is C18H13F6N2P. The second kappa shape index (κ2) is 5.89. The summed E-state index contributed by atoms with van der Waals surface area (Å²) >= 11 is 0. The normalized spacial score (nSPS) is 14.1. The van der Waals surface area contributed by atoms with E-state index in [0.29, 0.717) is 0 Å². The first-order chi connectivity index (χ1) is 12.4. The molecule has 142 valence electrons. The third-order valence-electron chi connectivity index (χ3n) is 3.56. The summed E-state index contributed by atoms with van der Waals surface area (Å²) in [6.07, 6.45) is 1.94. The van der Waals surface area contributed by atoms with Crippen LogP contribution in [-0.2, 0) is 0 Å². The molecule has 0 amide bonds. The van der Waals surface area contributed by atoms with Gasteiger partial charge in [-0.2, -0.15) is 0 Å². The van der Waals surface area contributed by atoms with Gasteiger partial charge in [0.2, 0.25) is 5.52 Å². The molecule has 0 unspecified atom stereocenters. The number of benzene rings is 2. The summed E-state index contributed by atoms with van der Waals surface area (Å²) in [6.45, 7) is 0. The molecule has 1 N–H and O–H groups in total. The Balaban J connectivity index is 0.000000260. The zero-order valence-corrected chi connectivity index (χ0v) is 14.5. The molecule has 0 bridgehead atoms. The van der Waals surface area contributed by atoms with Gasteiger partial charge in [0.05, 0.1) is 5.69 Å². The Morgan fingerprint density at radius 1 is 0.667 bits per heavy atom. The number of H-pyrrole nitrogens is 1. The number of aromatic amines is 1. The van der Waals surface area contributed by atoms with Crippen molar-refractivity contribution in [1.82, 2.24) is 4.98 Å². The molecule has 0 aliphatic heterocycles. The monoisotopic (exact) mass is 402 g/mol. The largest absolute Gasteiger partial charge is 0.241 e.